The molecule has 1 atom stereocenters. The molecule has 5 heteroatoms. The molecule has 1 saturated heterocycles. The lowest BCUT2D eigenvalue weighted by atomic mass is 9.96. The highest BCUT2D eigenvalue weighted by molar-refractivity contribution is 5.91. The van der Waals surface area contributed by atoms with Gasteiger partial charge in [0, 0.05) is 12.6 Å². The highest BCUT2D eigenvalue weighted by Crippen LogP contribution is 2.25. The van der Waals surface area contributed by atoms with Crippen LogP contribution in [0.15, 0.2) is 24.3 Å². The average molecular weight is 318 g/mol. The third kappa shape index (κ3) is 4.86. The molecule has 1 aromatic rings. The number of ether oxygens (including phenoxy) is 2. The zero-order valence-corrected chi connectivity index (χ0v) is 13.6. The van der Waals surface area contributed by atoms with Crippen LogP contribution in [0.2, 0.25) is 0 Å². The number of rotatable bonds is 5. The van der Waals surface area contributed by atoms with Crippen LogP contribution >= 0.6 is 0 Å². The Morgan fingerprint density at radius 3 is 2.74 bits per heavy atom. The summed E-state index contributed by atoms with van der Waals surface area (Å²) in [5, 5.41) is 5.98. The maximum atomic E-state index is 12.2. The molecule has 2 N–H and O–H groups in total. The standard InChI is InChI=1S/C18H26N2O3/c21-18(19-14-7-2-1-3-8-14)20-16-10-4-5-11-17(16)23-13-15-9-6-12-22-15/h4-5,10-11,14-15H,1-3,6-9,12-13H2,(H2,19,20,21)/t15-/m1/s1. The van der Waals surface area contributed by atoms with E-state index < -0.39 is 0 Å². The molecule has 2 fully saturated rings. The monoisotopic (exact) mass is 318 g/mol. The summed E-state index contributed by atoms with van der Waals surface area (Å²) in [5.41, 5.74) is 0.707. The molecular formula is C18H26N2O3. The lowest BCUT2D eigenvalue weighted by Crippen LogP contribution is -2.39. The minimum atomic E-state index is -0.148. The van der Waals surface area contributed by atoms with Crippen molar-refractivity contribution in [2.24, 2.45) is 0 Å². The van der Waals surface area contributed by atoms with Crippen molar-refractivity contribution in [3.63, 3.8) is 0 Å². The molecule has 0 aromatic heterocycles. The van der Waals surface area contributed by atoms with E-state index in [1.807, 2.05) is 24.3 Å². The first-order chi connectivity index (χ1) is 11.3. The van der Waals surface area contributed by atoms with Gasteiger partial charge in [-0.15, -0.1) is 0 Å². The van der Waals surface area contributed by atoms with Crippen LogP contribution < -0.4 is 15.4 Å². The number of urea groups is 1. The SMILES string of the molecule is O=C(Nc1ccccc1OC[C@H]1CCCO1)NC1CCCCC1. The number of nitrogens with one attached hydrogen (secondary N) is 2. The molecule has 126 valence electrons. The first-order valence-corrected chi connectivity index (χ1v) is 8.72. The maximum absolute atomic E-state index is 12.2. The molecule has 2 aliphatic rings. The van der Waals surface area contributed by atoms with Gasteiger partial charge in [0.1, 0.15) is 12.4 Å². The fraction of sp³-hybridized carbons (Fsp3) is 0.611. The molecule has 1 heterocycles. The third-order valence-electron chi connectivity index (χ3n) is 4.52. The van der Waals surface area contributed by atoms with E-state index in [1.165, 1.54) is 19.3 Å². The number of carbonyl (C=O) groups excluding carboxylic acids is 1. The Morgan fingerprint density at radius 2 is 1.96 bits per heavy atom. The Hall–Kier alpha value is -1.75. The molecule has 5 nitrogen and oxygen atoms in total. The molecule has 0 bridgehead atoms. The summed E-state index contributed by atoms with van der Waals surface area (Å²) in [5.74, 6) is 0.696. The molecule has 2 amide bonds. The highest BCUT2D eigenvalue weighted by atomic mass is 16.5. The van der Waals surface area contributed by atoms with Gasteiger partial charge in [0.25, 0.3) is 0 Å². The number of hydrogen-bond acceptors (Lipinski definition) is 3. The van der Waals surface area contributed by atoms with Crippen molar-refractivity contribution < 1.29 is 14.3 Å². The van der Waals surface area contributed by atoms with Crippen LogP contribution in [-0.4, -0.2) is 31.4 Å². The average Bonchev–Trinajstić information content (AvgIpc) is 3.08. The van der Waals surface area contributed by atoms with E-state index in [4.69, 9.17) is 9.47 Å². The van der Waals surface area contributed by atoms with Gasteiger partial charge in [-0.2, -0.15) is 0 Å². The third-order valence-corrected chi connectivity index (χ3v) is 4.52. The summed E-state index contributed by atoms with van der Waals surface area (Å²) in [4.78, 5) is 12.2. The summed E-state index contributed by atoms with van der Waals surface area (Å²) in [6, 6.07) is 7.70. The number of amides is 2. The van der Waals surface area contributed by atoms with Crippen LogP contribution in [0.1, 0.15) is 44.9 Å². The quantitative estimate of drug-likeness (QED) is 0.870. The zero-order valence-electron chi connectivity index (χ0n) is 13.6. The molecule has 1 aliphatic carbocycles. The van der Waals surface area contributed by atoms with Crippen LogP contribution in [0.3, 0.4) is 0 Å². The Morgan fingerprint density at radius 1 is 1.13 bits per heavy atom. The number of hydrogen-bond donors (Lipinski definition) is 2. The summed E-state index contributed by atoms with van der Waals surface area (Å²) < 4.78 is 11.4. The van der Waals surface area contributed by atoms with Crippen molar-refractivity contribution in [2.45, 2.75) is 57.1 Å². The van der Waals surface area contributed by atoms with Gasteiger partial charge in [0.2, 0.25) is 0 Å². The number of carbonyl (C=O) groups is 1. The van der Waals surface area contributed by atoms with Crippen molar-refractivity contribution in [1.29, 1.82) is 0 Å². The second kappa shape index (κ2) is 8.20. The molecule has 1 aromatic carbocycles. The molecular weight excluding hydrogens is 292 g/mol. The molecule has 0 radical (unpaired) electrons. The maximum Gasteiger partial charge on any atom is 0.319 e. The summed E-state index contributed by atoms with van der Waals surface area (Å²) in [6.45, 7) is 1.35. The molecule has 0 unspecified atom stereocenters. The fourth-order valence-electron chi connectivity index (χ4n) is 3.25. The van der Waals surface area contributed by atoms with Gasteiger partial charge >= 0.3 is 6.03 Å². The van der Waals surface area contributed by atoms with Crippen molar-refractivity contribution >= 4 is 11.7 Å². The van der Waals surface area contributed by atoms with Gasteiger partial charge in [0.15, 0.2) is 0 Å². The van der Waals surface area contributed by atoms with Crippen molar-refractivity contribution in [3.05, 3.63) is 24.3 Å². The van der Waals surface area contributed by atoms with E-state index in [0.717, 1.165) is 32.3 Å². The predicted molar refractivity (Wildman–Crippen MR) is 89.9 cm³/mol. The fourth-order valence-corrected chi connectivity index (χ4v) is 3.25. The molecule has 23 heavy (non-hydrogen) atoms. The largest absolute Gasteiger partial charge is 0.489 e. The minimum Gasteiger partial charge on any atom is -0.489 e. The van der Waals surface area contributed by atoms with E-state index in [1.54, 1.807) is 0 Å². The molecule has 0 spiro atoms. The number of anilines is 1. The van der Waals surface area contributed by atoms with Gasteiger partial charge in [-0.3, -0.25) is 0 Å². The normalized spacial score (nSPS) is 21.8. The van der Waals surface area contributed by atoms with Crippen LogP contribution in [0, 0.1) is 0 Å². The van der Waals surface area contributed by atoms with E-state index in [-0.39, 0.29) is 12.1 Å². The van der Waals surface area contributed by atoms with Gasteiger partial charge in [0.05, 0.1) is 11.8 Å². The first-order valence-electron chi connectivity index (χ1n) is 8.72. The van der Waals surface area contributed by atoms with Crippen LogP contribution in [-0.2, 0) is 4.74 Å². The lowest BCUT2D eigenvalue weighted by Gasteiger charge is -2.23. The Balaban J connectivity index is 1.52. The highest BCUT2D eigenvalue weighted by Gasteiger charge is 2.18. The Bertz CT molecular complexity index is 509. The smallest absolute Gasteiger partial charge is 0.319 e. The van der Waals surface area contributed by atoms with E-state index in [9.17, 15) is 4.79 Å². The molecule has 1 saturated carbocycles. The van der Waals surface area contributed by atoms with Crippen molar-refractivity contribution in [2.75, 3.05) is 18.5 Å². The van der Waals surface area contributed by atoms with Crippen LogP contribution in [0.4, 0.5) is 10.5 Å². The zero-order chi connectivity index (χ0) is 15.9. The van der Waals surface area contributed by atoms with E-state index in [2.05, 4.69) is 10.6 Å². The minimum absolute atomic E-state index is 0.148. The topological polar surface area (TPSA) is 59.6 Å². The summed E-state index contributed by atoms with van der Waals surface area (Å²) in [6.07, 6.45) is 8.13. The lowest BCUT2D eigenvalue weighted by molar-refractivity contribution is 0.0682. The Labute approximate surface area is 137 Å². The van der Waals surface area contributed by atoms with Crippen molar-refractivity contribution in [1.82, 2.24) is 5.32 Å². The Kier molecular flexibility index (Phi) is 5.75. The van der Waals surface area contributed by atoms with Gasteiger partial charge in [-0.05, 0) is 37.8 Å². The van der Waals surface area contributed by atoms with Gasteiger partial charge in [-0.25, -0.2) is 4.79 Å². The second-order valence-corrected chi connectivity index (χ2v) is 6.38. The van der Waals surface area contributed by atoms with E-state index in [0.29, 0.717) is 24.1 Å². The van der Waals surface area contributed by atoms with E-state index >= 15 is 0 Å². The number of benzene rings is 1. The first kappa shape index (κ1) is 16.1. The molecule has 1 aliphatic heterocycles. The van der Waals surface area contributed by atoms with Crippen LogP contribution in [0.5, 0.6) is 5.75 Å². The van der Waals surface area contributed by atoms with Gasteiger partial charge in [-0.1, -0.05) is 31.4 Å². The van der Waals surface area contributed by atoms with Crippen LogP contribution in [0.25, 0.3) is 0 Å². The molecule has 3 rings (SSSR count). The van der Waals surface area contributed by atoms with Gasteiger partial charge < -0.3 is 20.1 Å². The number of para-hydroxylation sites is 2. The van der Waals surface area contributed by atoms with Crippen molar-refractivity contribution in [3.8, 4) is 5.75 Å². The predicted octanol–water partition coefficient (Wildman–Crippen LogP) is 3.70. The summed E-state index contributed by atoms with van der Waals surface area (Å²) in [7, 11) is 0. The second-order valence-electron chi connectivity index (χ2n) is 6.38. The summed E-state index contributed by atoms with van der Waals surface area (Å²) >= 11 is 0.